The van der Waals surface area contributed by atoms with Gasteiger partial charge >= 0.3 is 0 Å². The number of aromatic nitrogens is 3. The molecule has 0 atom stereocenters. The lowest BCUT2D eigenvalue weighted by atomic mass is 10.1. The third-order valence-corrected chi connectivity index (χ3v) is 4.95. The smallest absolute Gasteiger partial charge is 0.222 e. The molecule has 0 radical (unpaired) electrons. The van der Waals surface area contributed by atoms with Crippen molar-refractivity contribution >= 4 is 11.6 Å². The van der Waals surface area contributed by atoms with Crippen LogP contribution in [0, 0.1) is 20.8 Å². The summed E-state index contributed by atoms with van der Waals surface area (Å²) in [6, 6.07) is 9.86. The lowest BCUT2D eigenvalue weighted by Gasteiger charge is -2.18. The second-order valence-electron chi connectivity index (χ2n) is 7.14. The van der Waals surface area contributed by atoms with E-state index in [1.54, 1.807) is 4.90 Å². The molecule has 1 amide bonds. The van der Waals surface area contributed by atoms with Gasteiger partial charge in [0.05, 0.1) is 12.3 Å². The predicted molar refractivity (Wildman–Crippen MR) is 110 cm³/mol. The molecule has 0 saturated heterocycles. The number of benzene rings is 1. The number of aryl methyl sites for hydroxylation is 3. The molecule has 148 valence electrons. The fourth-order valence-electron chi connectivity index (χ4n) is 3.45. The first-order valence-corrected chi connectivity index (χ1v) is 9.67. The summed E-state index contributed by atoms with van der Waals surface area (Å²) in [4.78, 5) is 19.0. The molecule has 0 fully saturated rings. The molecule has 3 aromatic rings. The van der Waals surface area contributed by atoms with Crippen LogP contribution in [0.3, 0.4) is 0 Å². The highest BCUT2D eigenvalue weighted by Crippen LogP contribution is 2.18. The molecule has 0 aliphatic heterocycles. The van der Waals surface area contributed by atoms with Gasteiger partial charge in [0.1, 0.15) is 5.75 Å². The number of amides is 1. The van der Waals surface area contributed by atoms with Crippen molar-refractivity contribution in [2.45, 2.75) is 47.1 Å². The quantitative estimate of drug-likeness (QED) is 0.628. The van der Waals surface area contributed by atoms with Gasteiger partial charge in [-0.2, -0.15) is 5.10 Å². The van der Waals surface area contributed by atoms with Crippen molar-refractivity contribution in [3.05, 3.63) is 58.5 Å². The summed E-state index contributed by atoms with van der Waals surface area (Å²) in [5.74, 6) is 0.965. The number of rotatable bonds is 7. The van der Waals surface area contributed by atoms with Crippen LogP contribution in [-0.4, -0.2) is 39.1 Å². The molecule has 6 heteroatoms. The van der Waals surface area contributed by atoms with Crippen molar-refractivity contribution in [3.8, 4) is 5.75 Å². The lowest BCUT2D eigenvalue weighted by molar-refractivity contribution is -0.130. The van der Waals surface area contributed by atoms with Crippen LogP contribution in [0.2, 0.25) is 0 Å². The summed E-state index contributed by atoms with van der Waals surface area (Å²) in [5.41, 5.74) is 6.00. The van der Waals surface area contributed by atoms with Gasteiger partial charge in [-0.15, -0.1) is 0 Å². The average Bonchev–Trinajstić information content (AvgIpc) is 3.03. The molecule has 0 aliphatic rings. The Balaban J connectivity index is 1.64. The largest absolute Gasteiger partial charge is 0.494 e. The van der Waals surface area contributed by atoms with E-state index in [9.17, 15) is 4.79 Å². The zero-order chi connectivity index (χ0) is 20.3. The monoisotopic (exact) mass is 380 g/mol. The number of hydrogen-bond acceptors (Lipinski definition) is 4. The van der Waals surface area contributed by atoms with Gasteiger partial charge in [-0.3, -0.25) is 4.79 Å². The Kier molecular flexibility index (Phi) is 5.97. The van der Waals surface area contributed by atoms with Gasteiger partial charge in [0.2, 0.25) is 5.91 Å². The van der Waals surface area contributed by atoms with Gasteiger partial charge in [-0.05, 0) is 57.4 Å². The number of hydrogen-bond donors (Lipinski definition) is 0. The van der Waals surface area contributed by atoms with Crippen molar-refractivity contribution in [1.82, 2.24) is 19.5 Å². The van der Waals surface area contributed by atoms with Gasteiger partial charge in [0.15, 0.2) is 5.65 Å². The van der Waals surface area contributed by atoms with E-state index in [1.807, 2.05) is 69.6 Å². The fraction of sp³-hybridized carbons (Fsp3) is 0.409. The normalized spacial score (nSPS) is 11.0. The topological polar surface area (TPSA) is 59.7 Å². The first-order valence-electron chi connectivity index (χ1n) is 9.67. The number of nitrogens with zero attached hydrogens (tertiary/aromatic N) is 4. The van der Waals surface area contributed by atoms with Crippen molar-refractivity contribution < 1.29 is 9.53 Å². The Bertz CT molecular complexity index is 976. The summed E-state index contributed by atoms with van der Waals surface area (Å²) >= 11 is 0. The van der Waals surface area contributed by atoms with Crippen LogP contribution in [0.1, 0.15) is 41.6 Å². The molecule has 0 bridgehead atoms. The molecular formula is C22H28N4O2. The molecule has 0 saturated carbocycles. The van der Waals surface area contributed by atoms with Crippen LogP contribution in [-0.2, 0) is 17.8 Å². The Hall–Kier alpha value is -2.89. The molecule has 0 N–H and O–H groups in total. The minimum absolute atomic E-state index is 0.115. The van der Waals surface area contributed by atoms with Gasteiger partial charge in [0, 0.05) is 37.5 Å². The Morgan fingerprint density at radius 1 is 1.18 bits per heavy atom. The van der Waals surface area contributed by atoms with Crippen LogP contribution in [0.4, 0.5) is 0 Å². The average molecular weight is 380 g/mol. The van der Waals surface area contributed by atoms with E-state index in [2.05, 4.69) is 10.1 Å². The van der Waals surface area contributed by atoms with Crippen LogP contribution in [0.15, 0.2) is 30.3 Å². The van der Waals surface area contributed by atoms with Crippen molar-refractivity contribution in [2.24, 2.45) is 0 Å². The molecule has 0 aliphatic carbocycles. The van der Waals surface area contributed by atoms with Crippen LogP contribution >= 0.6 is 0 Å². The maximum atomic E-state index is 12.6. The van der Waals surface area contributed by atoms with Gasteiger partial charge in [-0.25, -0.2) is 9.50 Å². The minimum atomic E-state index is 0.115. The molecule has 3 rings (SSSR count). The van der Waals surface area contributed by atoms with Crippen LogP contribution < -0.4 is 4.74 Å². The summed E-state index contributed by atoms with van der Waals surface area (Å²) in [6.45, 7) is 9.19. The molecule has 0 unspecified atom stereocenters. The SMILES string of the molecule is CCOc1ccc(CN(C)C(=O)CCc2c(C)nc3cc(C)nn3c2C)cc1. The van der Waals surface area contributed by atoms with E-state index in [0.29, 0.717) is 26.0 Å². The molecule has 28 heavy (non-hydrogen) atoms. The van der Waals surface area contributed by atoms with E-state index in [0.717, 1.165) is 39.6 Å². The minimum Gasteiger partial charge on any atom is -0.494 e. The molecule has 2 aromatic heterocycles. The Labute approximate surface area is 166 Å². The second-order valence-corrected chi connectivity index (χ2v) is 7.14. The van der Waals surface area contributed by atoms with E-state index >= 15 is 0 Å². The first kappa shape index (κ1) is 19.9. The maximum Gasteiger partial charge on any atom is 0.222 e. The Morgan fingerprint density at radius 3 is 2.57 bits per heavy atom. The van der Waals surface area contributed by atoms with Crippen molar-refractivity contribution in [1.29, 1.82) is 0 Å². The Morgan fingerprint density at radius 2 is 1.89 bits per heavy atom. The van der Waals surface area contributed by atoms with Crippen LogP contribution in [0.25, 0.3) is 5.65 Å². The highest BCUT2D eigenvalue weighted by atomic mass is 16.5. The third-order valence-electron chi connectivity index (χ3n) is 4.95. The lowest BCUT2D eigenvalue weighted by Crippen LogP contribution is -2.26. The van der Waals surface area contributed by atoms with Gasteiger partial charge < -0.3 is 9.64 Å². The number of carbonyl (C=O) groups excluding carboxylic acids is 1. The van der Waals surface area contributed by atoms with Crippen molar-refractivity contribution in [2.75, 3.05) is 13.7 Å². The molecule has 6 nitrogen and oxygen atoms in total. The molecule has 0 spiro atoms. The van der Waals surface area contributed by atoms with Gasteiger partial charge in [-0.1, -0.05) is 12.1 Å². The molecule has 2 heterocycles. The zero-order valence-corrected chi connectivity index (χ0v) is 17.3. The number of carbonyl (C=O) groups is 1. The standard InChI is InChI=1S/C22H28N4O2/c1-6-28-19-9-7-18(8-10-19)14-25(5)22(27)12-11-20-16(3)23-21-13-15(2)24-26(21)17(20)4/h7-10,13H,6,11-12,14H2,1-5H3. The predicted octanol–water partition coefficient (Wildman–Crippen LogP) is 3.64. The molecule has 1 aromatic carbocycles. The summed E-state index contributed by atoms with van der Waals surface area (Å²) in [5, 5.41) is 4.50. The van der Waals surface area contributed by atoms with E-state index in [-0.39, 0.29) is 5.91 Å². The van der Waals surface area contributed by atoms with E-state index in [4.69, 9.17) is 4.74 Å². The first-order chi connectivity index (χ1) is 13.4. The van der Waals surface area contributed by atoms with Crippen molar-refractivity contribution in [3.63, 3.8) is 0 Å². The second kappa shape index (κ2) is 8.42. The zero-order valence-electron chi connectivity index (χ0n) is 17.3. The summed E-state index contributed by atoms with van der Waals surface area (Å²) < 4.78 is 7.33. The third kappa shape index (κ3) is 4.32. The highest BCUT2D eigenvalue weighted by Gasteiger charge is 2.15. The maximum absolute atomic E-state index is 12.6. The summed E-state index contributed by atoms with van der Waals surface area (Å²) in [6.07, 6.45) is 1.11. The van der Waals surface area contributed by atoms with Crippen LogP contribution in [0.5, 0.6) is 5.75 Å². The van der Waals surface area contributed by atoms with E-state index < -0.39 is 0 Å². The number of ether oxygens (including phenoxy) is 1. The number of fused-ring (bicyclic) bond motifs is 1. The van der Waals surface area contributed by atoms with E-state index in [1.165, 1.54) is 0 Å². The van der Waals surface area contributed by atoms with Gasteiger partial charge in [0.25, 0.3) is 0 Å². The fourth-order valence-corrected chi connectivity index (χ4v) is 3.45. The summed E-state index contributed by atoms with van der Waals surface area (Å²) in [7, 11) is 1.84. The molecular weight excluding hydrogens is 352 g/mol. The highest BCUT2D eigenvalue weighted by molar-refractivity contribution is 5.76.